The number of allylic oxidation sites excluding steroid dienone is 1. The van der Waals surface area contributed by atoms with Crippen LogP contribution in [0.3, 0.4) is 0 Å². The maximum absolute atomic E-state index is 12.5. The highest BCUT2D eigenvalue weighted by molar-refractivity contribution is 7.99. The number of aryl methyl sites for hydroxylation is 2. The quantitative estimate of drug-likeness (QED) is 0.337. The number of anilines is 1. The number of hydrogen-bond donors (Lipinski definition) is 1. The zero-order valence-electron chi connectivity index (χ0n) is 17.4. The molecule has 0 radical (unpaired) electrons. The molecule has 0 aliphatic rings. The maximum Gasteiger partial charge on any atom is 0.234 e. The number of thioether (sulfide) groups is 1. The SMILES string of the molecule is C=CCn1c(Cn2nnc3ccccc32)nnc1SCC(=O)Nc1ccc(C)cc1C. The van der Waals surface area contributed by atoms with Crippen LogP contribution in [0.1, 0.15) is 17.0 Å². The summed E-state index contributed by atoms with van der Waals surface area (Å²) < 4.78 is 3.73. The van der Waals surface area contributed by atoms with Crippen molar-refractivity contribution >= 4 is 34.4 Å². The second-order valence-corrected chi connectivity index (χ2v) is 8.13. The Balaban J connectivity index is 1.47. The minimum atomic E-state index is -0.0890. The standard InChI is InChI=1S/C22H23N7OS/c1-4-11-28-20(13-29-19-8-6-5-7-18(19)24-27-29)25-26-22(28)31-14-21(30)23-17-10-9-15(2)12-16(17)3/h4-10,12H,1,11,13-14H2,2-3H3,(H,23,30). The molecule has 4 rings (SSSR count). The fraction of sp³-hybridized carbons (Fsp3) is 0.227. The van der Waals surface area contributed by atoms with Crippen molar-refractivity contribution in [3.8, 4) is 0 Å². The van der Waals surface area contributed by atoms with Gasteiger partial charge >= 0.3 is 0 Å². The van der Waals surface area contributed by atoms with Gasteiger partial charge in [0.25, 0.3) is 0 Å². The molecule has 0 fully saturated rings. The van der Waals surface area contributed by atoms with Crippen LogP contribution in [-0.2, 0) is 17.9 Å². The van der Waals surface area contributed by atoms with Gasteiger partial charge in [-0.25, -0.2) is 4.68 Å². The third-order valence-corrected chi connectivity index (χ3v) is 5.77. The van der Waals surface area contributed by atoms with E-state index in [0.717, 1.165) is 33.7 Å². The summed E-state index contributed by atoms with van der Waals surface area (Å²) in [6.07, 6.45) is 1.78. The Labute approximate surface area is 184 Å². The van der Waals surface area contributed by atoms with E-state index in [4.69, 9.17) is 0 Å². The van der Waals surface area contributed by atoms with Crippen molar-refractivity contribution in [2.45, 2.75) is 32.1 Å². The molecule has 0 unspecified atom stereocenters. The molecule has 1 amide bonds. The van der Waals surface area contributed by atoms with E-state index in [1.54, 1.807) is 10.8 Å². The van der Waals surface area contributed by atoms with Crippen molar-refractivity contribution in [1.82, 2.24) is 29.8 Å². The van der Waals surface area contributed by atoms with E-state index in [1.807, 2.05) is 60.9 Å². The Bertz CT molecular complexity index is 1240. The van der Waals surface area contributed by atoms with Gasteiger partial charge in [-0.05, 0) is 37.6 Å². The van der Waals surface area contributed by atoms with Crippen LogP contribution in [0, 0.1) is 13.8 Å². The van der Waals surface area contributed by atoms with E-state index in [2.05, 4.69) is 32.4 Å². The lowest BCUT2D eigenvalue weighted by Gasteiger charge is -2.10. The number of benzene rings is 2. The molecule has 0 aliphatic carbocycles. The van der Waals surface area contributed by atoms with Crippen molar-refractivity contribution in [1.29, 1.82) is 0 Å². The zero-order valence-corrected chi connectivity index (χ0v) is 18.3. The van der Waals surface area contributed by atoms with Crippen LogP contribution < -0.4 is 5.32 Å². The normalized spacial score (nSPS) is 11.0. The first-order chi connectivity index (χ1) is 15.0. The zero-order chi connectivity index (χ0) is 21.8. The second-order valence-electron chi connectivity index (χ2n) is 7.19. The van der Waals surface area contributed by atoms with Crippen molar-refractivity contribution in [3.63, 3.8) is 0 Å². The van der Waals surface area contributed by atoms with Crippen molar-refractivity contribution < 1.29 is 4.79 Å². The molecule has 0 saturated heterocycles. The molecule has 8 nitrogen and oxygen atoms in total. The van der Waals surface area contributed by atoms with Gasteiger partial charge in [-0.15, -0.1) is 21.9 Å². The van der Waals surface area contributed by atoms with Gasteiger partial charge in [-0.2, -0.15) is 0 Å². The molecular weight excluding hydrogens is 410 g/mol. The van der Waals surface area contributed by atoms with Crippen LogP contribution >= 0.6 is 11.8 Å². The minimum absolute atomic E-state index is 0.0890. The Hall–Kier alpha value is -3.46. The first kappa shape index (κ1) is 20.8. The summed E-state index contributed by atoms with van der Waals surface area (Å²) in [5.41, 5.74) is 4.78. The summed E-state index contributed by atoms with van der Waals surface area (Å²) in [5.74, 6) is 0.872. The number of para-hydroxylation sites is 1. The second kappa shape index (κ2) is 9.13. The third kappa shape index (κ3) is 4.66. The molecule has 0 saturated carbocycles. The van der Waals surface area contributed by atoms with Gasteiger partial charge in [0.2, 0.25) is 5.91 Å². The van der Waals surface area contributed by atoms with Crippen molar-refractivity contribution in [2.75, 3.05) is 11.1 Å². The van der Waals surface area contributed by atoms with E-state index in [0.29, 0.717) is 18.2 Å². The van der Waals surface area contributed by atoms with Crippen LogP contribution in [0.15, 0.2) is 60.3 Å². The van der Waals surface area contributed by atoms with Crippen LogP contribution in [-0.4, -0.2) is 41.4 Å². The molecule has 0 spiro atoms. The van der Waals surface area contributed by atoms with E-state index >= 15 is 0 Å². The molecule has 1 N–H and O–H groups in total. The predicted octanol–water partition coefficient (Wildman–Crippen LogP) is 3.60. The van der Waals surface area contributed by atoms with E-state index < -0.39 is 0 Å². The van der Waals surface area contributed by atoms with Gasteiger partial charge < -0.3 is 9.88 Å². The average molecular weight is 434 g/mol. The first-order valence-electron chi connectivity index (χ1n) is 9.86. The van der Waals surface area contributed by atoms with Gasteiger partial charge in [0.15, 0.2) is 11.0 Å². The number of nitrogens with zero attached hydrogens (tertiary/aromatic N) is 6. The van der Waals surface area contributed by atoms with E-state index in [-0.39, 0.29) is 11.7 Å². The molecule has 2 heterocycles. The lowest BCUT2D eigenvalue weighted by molar-refractivity contribution is -0.113. The lowest BCUT2D eigenvalue weighted by atomic mass is 10.1. The Morgan fingerprint density at radius 3 is 2.81 bits per heavy atom. The number of amides is 1. The average Bonchev–Trinajstić information content (AvgIpc) is 3.34. The van der Waals surface area contributed by atoms with Gasteiger partial charge in [0, 0.05) is 12.2 Å². The topological polar surface area (TPSA) is 90.5 Å². The van der Waals surface area contributed by atoms with Crippen LogP contribution in [0.4, 0.5) is 5.69 Å². The van der Waals surface area contributed by atoms with Crippen molar-refractivity contribution in [2.24, 2.45) is 0 Å². The fourth-order valence-electron chi connectivity index (χ4n) is 3.29. The summed E-state index contributed by atoms with van der Waals surface area (Å²) in [4.78, 5) is 12.5. The molecule has 158 valence electrons. The largest absolute Gasteiger partial charge is 0.325 e. The number of hydrogen-bond acceptors (Lipinski definition) is 6. The van der Waals surface area contributed by atoms with Gasteiger partial charge in [0.05, 0.1) is 11.3 Å². The van der Waals surface area contributed by atoms with E-state index in [9.17, 15) is 4.79 Å². The van der Waals surface area contributed by atoms with Crippen molar-refractivity contribution in [3.05, 3.63) is 72.1 Å². The van der Waals surface area contributed by atoms with Gasteiger partial charge in [0.1, 0.15) is 12.1 Å². The number of carbonyl (C=O) groups excluding carboxylic acids is 1. The number of rotatable bonds is 8. The Morgan fingerprint density at radius 1 is 1.16 bits per heavy atom. The lowest BCUT2D eigenvalue weighted by Crippen LogP contribution is -2.16. The highest BCUT2D eigenvalue weighted by atomic mass is 32.2. The molecule has 0 atom stereocenters. The molecule has 0 bridgehead atoms. The highest BCUT2D eigenvalue weighted by Gasteiger charge is 2.16. The number of nitrogens with one attached hydrogen (secondary N) is 1. The minimum Gasteiger partial charge on any atom is -0.325 e. The molecule has 31 heavy (non-hydrogen) atoms. The molecule has 9 heteroatoms. The van der Waals surface area contributed by atoms with Crippen LogP contribution in [0.5, 0.6) is 0 Å². The third-order valence-electron chi connectivity index (χ3n) is 4.80. The Kier molecular flexibility index (Phi) is 6.13. The fourth-order valence-corrected chi connectivity index (χ4v) is 4.06. The summed E-state index contributed by atoms with van der Waals surface area (Å²) in [7, 11) is 0. The number of carbonyl (C=O) groups is 1. The van der Waals surface area contributed by atoms with E-state index in [1.165, 1.54) is 11.8 Å². The molecule has 2 aromatic heterocycles. The molecule has 2 aromatic carbocycles. The predicted molar refractivity (Wildman–Crippen MR) is 122 cm³/mol. The summed E-state index contributed by atoms with van der Waals surface area (Å²) in [5, 5.41) is 20.7. The summed E-state index contributed by atoms with van der Waals surface area (Å²) in [6, 6.07) is 13.7. The first-order valence-corrected chi connectivity index (χ1v) is 10.8. The highest BCUT2D eigenvalue weighted by Crippen LogP contribution is 2.21. The van der Waals surface area contributed by atoms with Crippen LogP contribution in [0.2, 0.25) is 0 Å². The molecule has 0 aliphatic heterocycles. The van der Waals surface area contributed by atoms with Crippen LogP contribution in [0.25, 0.3) is 11.0 Å². The van der Waals surface area contributed by atoms with Gasteiger partial charge in [-0.3, -0.25) is 4.79 Å². The Morgan fingerprint density at radius 2 is 2.00 bits per heavy atom. The summed E-state index contributed by atoms with van der Waals surface area (Å²) in [6.45, 7) is 8.81. The molecule has 4 aromatic rings. The maximum atomic E-state index is 12.5. The monoisotopic (exact) mass is 433 g/mol. The number of aromatic nitrogens is 6. The van der Waals surface area contributed by atoms with Gasteiger partial charge in [-0.1, -0.05) is 52.9 Å². The molecular formula is C22H23N7OS. The number of fused-ring (bicyclic) bond motifs is 1. The smallest absolute Gasteiger partial charge is 0.234 e. The summed E-state index contributed by atoms with van der Waals surface area (Å²) >= 11 is 1.34.